The quantitative estimate of drug-likeness (QED) is 0.385. The van der Waals surface area contributed by atoms with Crippen LogP contribution in [-0.4, -0.2) is 24.4 Å². The third-order valence-electron chi connectivity index (χ3n) is 6.37. The van der Waals surface area contributed by atoms with Crippen molar-refractivity contribution in [3.8, 4) is 0 Å². The van der Waals surface area contributed by atoms with Gasteiger partial charge in [0.15, 0.2) is 0 Å². The topological polar surface area (TPSA) is 38.7 Å². The summed E-state index contributed by atoms with van der Waals surface area (Å²) in [6, 6.07) is 28.2. The first kappa shape index (κ1) is 23.7. The summed E-state index contributed by atoms with van der Waals surface area (Å²) >= 11 is 6.22. The Bertz CT molecular complexity index is 1020. The second-order valence-electron chi connectivity index (χ2n) is 9.01. The van der Waals surface area contributed by atoms with Gasteiger partial charge in [0, 0.05) is 10.4 Å². The summed E-state index contributed by atoms with van der Waals surface area (Å²) < 4.78 is 12.4. The van der Waals surface area contributed by atoms with E-state index >= 15 is 0 Å². The molecule has 1 aliphatic rings. The van der Waals surface area contributed by atoms with Gasteiger partial charge >= 0.3 is 0 Å². The molecule has 0 spiro atoms. The lowest BCUT2D eigenvalue weighted by Crippen LogP contribution is -2.30. The Kier molecular flexibility index (Phi) is 8.00. The largest absolute Gasteiger partial charge is 0.389 e. The molecule has 0 heterocycles. The van der Waals surface area contributed by atoms with E-state index in [2.05, 4.69) is 31.2 Å². The zero-order valence-electron chi connectivity index (χ0n) is 19.0. The highest BCUT2D eigenvalue weighted by atomic mass is 35.5. The van der Waals surface area contributed by atoms with Crippen molar-refractivity contribution in [1.29, 1.82) is 0 Å². The maximum atomic E-state index is 11.1. The summed E-state index contributed by atoms with van der Waals surface area (Å²) in [6.45, 7) is 4.21. The van der Waals surface area contributed by atoms with Crippen LogP contribution in [0.25, 0.3) is 5.57 Å². The predicted molar refractivity (Wildman–Crippen MR) is 134 cm³/mol. The molecule has 3 nitrogen and oxygen atoms in total. The molecule has 1 N–H and O–H groups in total. The summed E-state index contributed by atoms with van der Waals surface area (Å²) in [5.41, 5.74) is 5.17. The summed E-state index contributed by atoms with van der Waals surface area (Å²) in [5, 5.41) is 11.8. The lowest BCUT2D eigenvalue weighted by molar-refractivity contribution is -0.0349. The molecule has 0 aromatic heterocycles. The first-order valence-corrected chi connectivity index (χ1v) is 11.8. The fraction of sp³-hybridized carbons (Fsp3) is 0.310. The first-order chi connectivity index (χ1) is 16.0. The summed E-state index contributed by atoms with van der Waals surface area (Å²) in [5.74, 6) is 0. The number of hydrogen-bond donors (Lipinski definition) is 1. The van der Waals surface area contributed by atoms with Crippen molar-refractivity contribution in [2.45, 2.75) is 39.1 Å². The minimum atomic E-state index is -0.523. The van der Waals surface area contributed by atoms with Crippen LogP contribution in [0, 0.1) is 5.41 Å². The molecule has 0 aliphatic heterocycles. The Labute approximate surface area is 201 Å². The number of aliphatic hydroxyl groups is 1. The number of allylic oxidation sites excluding steroid dienone is 1. The van der Waals surface area contributed by atoms with Crippen molar-refractivity contribution >= 4 is 17.2 Å². The van der Waals surface area contributed by atoms with E-state index in [1.165, 1.54) is 0 Å². The lowest BCUT2D eigenvalue weighted by Gasteiger charge is -2.28. The van der Waals surface area contributed by atoms with Crippen LogP contribution in [-0.2, 0) is 22.7 Å². The zero-order chi connectivity index (χ0) is 23.1. The van der Waals surface area contributed by atoms with E-state index in [4.69, 9.17) is 21.1 Å². The number of aliphatic hydroxyl groups excluding tert-OH is 1. The normalized spacial score (nSPS) is 18.9. The molecule has 1 aliphatic carbocycles. The molecular weight excluding hydrogens is 432 g/mol. The highest BCUT2D eigenvalue weighted by Crippen LogP contribution is 2.45. The van der Waals surface area contributed by atoms with Crippen molar-refractivity contribution in [3.05, 3.63) is 112 Å². The fourth-order valence-corrected chi connectivity index (χ4v) is 4.79. The second-order valence-corrected chi connectivity index (χ2v) is 9.45. The summed E-state index contributed by atoms with van der Waals surface area (Å²) in [7, 11) is 0. The van der Waals surface area contributed by atoms with E-state index in [1.54, 1.807) is 0 Å². The first-order valence-electron chi connectivity index (χ1n) is 11.4. The number of benzene rings is 3. The maximum Gasteiger partial charge on any atom is 0.0763 e. The highest BCUT2D eigenvalue weighted by Gasteiger charge is 2.43. The maximum absolute atomic E-state index is 11.1. The molecule has 4 rings (SSSR count). The molecule has 1 atom stereocenters. The van der Waals surface area contributed by atoms with Crippen molar-refractivity contribution in [1.82, 2.24) is 0 Å². The van der Waals surface area contributed by atoms with Gasteiger partial charge in [0.2, 0.25) is 0 Å². The molecule has 0 bridgehead atoms. The van der Waals surface area contributed by atoms with Gasteiger partial charge in [-0.15, -0.1) is 0 Å². The van der Waals surface area contributed by atoms with Crippen LogP contribution in [0.2, 0.25) is 5.02 Å². The molecule has 33 heavy (non-hydrogen) atoms. The molecule has 0 saturated heterocycles. The molecule has 3 aromatic rings. The highest BCUT2D eigenvalue weighted by molar-refractivity contribution is 6.30. The monoisotopic (exact) mass is 462 g/mol. The van der Waals surface area contributed by atoms with Gasteiger partial charge in [-0.3, -0.25) is 0 Å². The molecule has 172 valence electrons. The van der Waals surface area contributed by atoms with Crippen molar-refractivity contribution in [2.75, 3.05) is 13.2 Å². The van der Waals surface area contributed by atoms with Crippen LogP contribution in [0.5, 0.6) is 0 Å². The number of rotatable bonds is 9. The molecule has 3 aromatic carbocycles. The standard InChI is InChI=1S/C29H31ClO3/c1-22(25-13-8-14-26(30)15-25)27-16-29(17-28(27)31,20-32-18-23-9-4-2-5-10-23)21-33-19-24-11-6-3-7-12-24/h2-15,28,31H,16-21H2,1H3/b27-22-/t28-/m0/s1. The van der Waals surface area contributed by atoms with Gasteiger partial charge in [0.25, 0.3) is 0 Å². The van der Waals surface area contributed by atoms with Crippen LogP contribution >= 0.6 is 11.6 Å². The van der Waals surface area contributed by atoms with E-state index in [1.807, 2.05) is 60.7 Å². The Morgan fingerprint density at radius 1 is 0.879 bits per heavy atom. The average molecular weight is 463 g/mol. The van der Waals surface area contributed by atoms with Crippen molar-refractivity contribution in [3.63, 3.8) is 0 Å². The van der Waals surface area contributed by atoms with Gasteiger partial charge in [0.1, 0.15) is 0 Å². The van der Waals surface area contributed by atoms with Gasteiger partial charge < -0.3 is 14.6 Å². The number of ether oxygens (including phenoxy) is 2. The van der Waals surface area contributed by atoms with Crippen molar-refractivity contribution in [2.24, 2.45) is 5.41 Å². The Hall–Kier alpha value is -2.43. The number of halogens is 1. The van der Waals surface area contributed by atoms with Crippen LogP contribution < -0.4 is 0 Å². The van der Waals surface area contributed by atoms with Crippen LogP contribution in [0.1, 0.15) is 36.5 Å². The molecule has 1 saturated carbocycles. The predicted octanol–water partition coefficient (Wildman–Crippen LogP) is 6.69. The van der Waals surface area contributed by atoms with Crippen LogP contribution in [0.15, 0.2) is 90.5 Å². The minimum Gasteiger partial charge on any atom is -0.389 e. The van der Waals surface area contributed by atoms with E-state index in [0.717, 1.165) is 34.3 Å². The SMILES string of the molecule is C/C(=C1\CC(COCc2ccccc2)(COCc2ccccc2)C[C@@H]1O)c1cccc(Cl)c1. The van der Waals surface area contributed by atoms with E-state index < -0.39 is 6.10 Å². The molecule has 0 amide bonds. The second kappa shape index (κ2) is 11.1. The molecular formula is C29H31ClO3. The van der Waals surface area contributed by atoms with E-state index in [0.29, 0.717) is 37.9 Å². The van der Waals surface area contributed by atoms with Crippen LogP contribution in [0.3, 0.4) is 0 Å². The fourth-order valence-electron chi connectivity index (χ4n) is 4.60. The smallest absolute Gasteiger partial charge is 0.0763 e. The number of hydrogen-bond acceptors (Lipinski definition) is 3. The molecule has 4 heteroatoms. The summed E-state index contributed by atoms with van der Waals surface area (Å²) in [6.07, 6.45) is 0.824. The van der Waals surface area contributed by atoms with Gasteiger partial charge in [-0.25, -0.2) is 0 Å². The Morgan fingerprint density at radius 3 is 2.00 bits per heavy atom. The van der Waals surface area contributed by atoms with Gasteiger partial charge in [-0.1, -0.05) is 84.4 Å². The van der Waals surface area contributed by atoms with Crippen molar-refractivity contribution < 1.29 is 14.6 Å². The average Bonchev–Trinajstić information content (AvgIpc) is 3.16. The van der Waals surface area contributed by atoms with Gasteiger partial charge in [-0.05, 0) is 59.7 Å². The van der Waals surface area contributed by atoms with E-state index in [-0.39, 0.29) is 5.41 Å². The Balaban J connectivity index is 1.50. The molecule has 0 radical (unpaired) electrons. The lowest BCUT2D eigenvalue weighted by atomic mass is 9.87. The van der Waals surface area contributed by atoms with Gasteiger partial charge in [-0.2, -0.15) is 0 Å². The summed E-state index contributed by atoms with van der Waals surface area (Å²) in [4.78, 5) is 0. The van der Waals surface area contributed by atoms with Crippen LogP contribution in [0.4, 0.5) is 0 Å². The van der Waals surface area contributed by atoms with Gasteiger partial charge in [0.05, 0.1) is 32.5 Å². The minimum absolute atomic E-state index is 0.280. The Morgan fingerprint density at radius 2 is 1.45 bits per heavy atom. The third-order valence-corrected chi connectivity index (χ3v) is 6.61. The molecule has 0 unspecified atom stereocenters. The van der Waals surface area contributed by atoms with E-state index in [9.17, 15) is 5.11 Å². The zero-order valence-corrected chi connectivity index (χ0v) is 19.8. The molecule has 1 fully saturated rings. The third kappa shape index (κ3) is 6.33.